The van der Waals surface area contributed by atoms with Crippen LogP contribution in [0.3, 0.4) is 0 Å². The fourth-order valence-corrected chi connectivity index (χ4v) is 2.50. The third-order valence-corrected chi connectivity index (χ3v) is 4.15. The first-order valence-electron chi connectivity index (χ1n) is 6.79. The Morgan fingerprint density at radius 2 is 1.79 bits per heavy atom. The van der Waals surface area contributed by atoms with E-state index in [9.17, 15) is 0 Å². The first-order chi connectivity index (χ1) is 11.5. The minimum Gasteiger partial charge on any atom is -0.437 e. The zero-order chi connectivity index (χ0) is 17.1. The molecule has 0 saturated carbocycles. The molecule has 0 atom stereocenters. The Balaban J connectivity index is 1.88. The highest BCUT2D eigenvalue weighted by atomic mass is 79.9. The molecule has 5 nitrogen and oxygen atoms in total. The van der Waals surface area contributed by atoms with Gasteiger partial charge >= 0.3 is 0 Å². The van der Waals surface area contributed by atoms with Crippen molar-refractivity contribution in [1.29, 1.82) is 0 Å². The number of nitrogens with zero attached hydrogens (tertiary/aromatic N) is 2. The first kappa shape index (κ1) is 16.8. The van der Waals surface area contributed by atoms with Crippen molar-refractivity contribution in [2.24, 2.45) is 0 Å². The molecule has 0 aliphatic heterocycles. The number of anilines is 3. The van der Waals surface area contributed by atoms with E-state index < -0.39 is 0 Å². The number of rotatable bonds is 4. The van der Waals surface area contributed by atoms with Crippen LogP contribution in [0.25, 0.3) is 0 Å². The predicted molar refractivity (Wildman–Crippen MR) is 100 cm³/mol. The van der Waals surface area contributed by atoms with Gasteiger partial charge in [-0.25, -0.2) is 4.98 Å². The first-order valence-corrected chi connectivity index (χ1v) is 8.34. The summed E-state index contributed by atoms with van der Waals surface area (Å²) >= 11 is 15.5. The van der Waals surface area contributed by atoms with E-state index in [0.29, 0.717) is 27.3 Å². The van der Waals surface area contributed by atoms with Crippen molar-refractivity contribution in [2.45, 2.75) is 0 Å². The van der Waals surface area contributed by atoms with E-state index in [1.54, 1.807) is 30.3 Å². The van der Waals surface area contributed by atoms with Crippen LogP contribution in [0.5, 0.6) is 11.6 Å². The molecule has 3 N–H and O–H groups in total. The second-order valence-electron chi connectivity index (χ2n) is 4.75. The third-order valence-electron chi connectivity index (χ3n) is 3.06. The van der Waals surface area contributed by atoms with Crippen LogP contribution in [-0.2, 0) is 0 Å². The molecule has 0 aliphatic carbocycles. The van der Waals surface area contributed by atoms with E-state index >= 15 is 0 Å². The second kappa shape index (κ2) is 7.25. The Labute approximate surface area is 156 Å². The molecule has 2 aromatic carbocycles. The van der Waals surface area contributed by atoms with Gasteiger partial charge < -0.3 is 15.8 Å². The number of nitrogens with two attached hydrogens (primary N) is 1. The largest absolute Gasteiger partial charge is 0.437 e. The van der Waals surface area contributed by atoms with Crippen LogP contribution in [0.2, 0.25) is 10.0 Å². The number of benzene rings is 2. The monoisotopic (exact) mass is 424 g/mol. The highest BCUT2D eigenvalue weighted by Gasteiger charge is 2.12. The summed E-state index contributed by atoms with van der Waals surface area (Å²) in [5, 5.41) is 4.07. The van der Waals surface area contributed by atoms with E-state index in [4.69, 9.17) is 33.7 Å². The average molecular weight is 426 g/mol. The minimum atomic E-state index is 0.243. The van der Waals surface area contributed by atoms with Gasteiger partial charge in [0, 0.05) is 9.50 Å². The van der Waals surface area contributed by atoms with Gasteiger partial charge in [0.15, 0.2) is 5.82 Å². The van der Waals surface area contributed by atoms with Gasteiger partial charge in [0.1, 0.15) is 17.8 Å². The lowest BCUT2D eigenvalue weighted by Crippen LogP contribution is -2.03. The lowest BCUT2D eigenvalue weighted by molar-refractivity contribution is 0.464. The molecule has 1 heterocycles. The van der Waals surface area contributed by atoms with E-state index in [0.717, 1.165) is 4.47 Å². The molecule has 0 saturated heterocycles. The topological polar surface area (TPSA) is 73.1 Å². The summed E-state index contributed by atoms with van der Waals surface area (Å²) in [5.41, 5.74) is 6.95. The maximum atomic E-state index is 6.14. The highest BCUT2D eigenvalue weighted by Crippen LogP contribution is 2.34. The highest BCUT2D eigenvalue weighted by molar-refractivity contribution is 9.10. The molecular weight excluding hydrogens is 415 g/mol. The molecule has 0 fully saturated rings. The molecule has 3 aromatic rings. The van der Waals surface area contributed by atoms with Gasteiger partial charge in [-0.15, -0.1) is 0 Å². The van der Waals surface area contributed by atoms with Crippen molar-refractivity contribution < 1.29 is 4.74 Å². The average Bonchev–Trinajstić information content (AvgIpc) is 2.56. The van der Waals surface area contributed by atoms with Gasteiger partial charge in [0.05, 0.1) is 10.7 Å². The lowest BCUT2D eigenvalue weighted by Gasteiger charge is -2.12. The van der Waals surface area contributed by atoms with Crippen molar-refractivity contribution in [3.8, 4) is 11.6 Å². The number of hydrogen-bond acceptors (Lipinski definition) is 5. The van der Waals surface area contributed by atoms with Crippen molar-refractivity contribution in [2.75, 3.05) is 11.1 Å². The van der Waals surface area contributed by atoms with Crippen molar-refractivity contribution in [1.82, 2.24) is 9.97 Å². The Morgan fingerprint density at radius 3 is 2.54 bits per heavy atom. The van der Waals surface area contributed by atoms with Gasteiger partial charge in [0.2, 0.25) is 5.88 Å². The molecule has 24 heavy (non-hydrogen) atoms. The molecule has 0 amide bonds. The number of ether oxygens (including phenoxy) is 1. The Kier molecular flexibility index (Phi) is 5.08. The predicted octanol–water partition coefficient (Wildman–Crippen LogP) is 5.66. The van der Waals surface area contributed by atoms with Gasteiger partial charge in [-0.2, -0.15) is 4.98 Å². The van der Waals surface area contributed by atoms with Gasteiger partial charge in [-0.05, 0) is 42.5 Å². The van der Waals surface area contributed by atoms with Crippen molar-refractivity contribution in [3.63, 3.8) is 0 Å². The van der Waals surface area contributed by atoms with Crippen molar-refractivity contribution >= 4 is 56.3 Å². The SMILES string of the molecule is Nc1c(Nc2cc(Cl)ccc2Cl)ncnc1Oc1ccc(Br)cc1. The van der Waals surface area contributed by atoms with E-state index in [-0.39, 0.29) is 11.6 Å². The molecule has 1 aromatic heterocycles. The Bertz CT molecular complexity index is 874. The van der Waals surface area contributed by atoms with Crippen LogP contribution < -0.4 is 15.8 Å². The van der Waals surface area contributed by atoms with Crippen LogP contribution in [0.1, 0.15) is 0 Å². The summed E-state index contributed by atoms with van der Waals surface area (Å²) in [7, 11) is 0. The number of aromatic nitrogens is 2. The number of halogens is 3. The summed E-state index contributed by atoms with van der Waals surface area (Å²) in [6.45, 7) is 0. The van der Waals surface area contributed by atoms with Gasteiger partial charge in [0.25, 0.3) is 0 Å². The minimum absolute atomic E-state index is 0.243. The summed E-state index contributed by atoms with van der Waals surface area (Å²) in [6.07, 6.45) is 1.35. The maximum absolute atomic E-state index is 6.14. The molecular formula is C16H11BrCl2N4O. The molecule has 0 spiro atoms. The molecule has 0 unspecified atom stereocenters. The van der Waals surface area contributed by atoms with Crippen molar-refractivity contribution in [3.05, 3.63) is 63.3 Å². The fourth-order valence-electron chi connectivity index (χ4n) is 1.90. The van der Waals surface area contributed by atoms with Crippen LogP contribution in [0, 0.1) is 0 Å². The van der Waals surface area contributed by atoms with Crippen LogP contribution >= 0.6 is 39.1 Å². The van der Waals surface area contributed by atoms with Gasteiger partial charge in [-0.1, -0.05) is 39.1 Å². The number of hydrogen-bond donors (Lipinski definition) is 2. The van der Waals surface area contributed by atoms with Crippen LogP contribution in [0.15, 0.2) is 53.3 Å². The third kappa shape index (κ3) is 3.90. The zero-order valence-corrected chi connectivity index (χ0v) is 15.2. The van der Waals surface area contributed by atoms with E-state index in [1.807, 2.05) is 12.1 Å². The molecule has 0 bridgehead atoms. The van der Waals surface area contributed by atoms with Crippen LogP contribution in [0.4, 0.5) is 17.2 Å². The standard InChI is InChI=1S/C16H11BrCl2N4O/c17-9-1-4-11(5-2-9)24-16-14(20)15(21-8-22-16)23-13-7-10(18)3-6-12(13)19/h1-8H,20H2,(H,21,22,23). The van der Waals surface area contributed by atoms with E-state index in [1.165, 1.54) is 6.33 Å². The molecule has 122 valence electrons. The van der Waals surface area contributed by atoms with Crippen LogP contribution in [-0.4, -0.2) is 9.97 Å². The van der Waals surface area contributed by atoms with Gasteiger partial charge in [-0.3, -0.25) is 0 Å². The number of nitrogens with one attached hydrogen (secondary N) is 1. The Hall–Kier alpha value is -2.02. The summed E-state index contributed by atoms with van der Waals surface area (Å²) in [4.78, 5) is 8.19. The quantitative estimate of drug-likeness (QED) is 0.563. The van der Waals surface area contributed by atoms with E-state index in [2.05, 4.69) is 31.2 Å². The fraction of sp³-hybridized carbons (Fsp3) is 0. The summed E-state index contributed by atoms with van der Waals surface area (Å²) in [6, 6.07) is 12.4. The summed E-state index contributed by atoms with van der Waals surface area (Å²) < 4.78 is 6.65. The molecule has 0 radical (unpaired) electrons. The normalized spacial score (nSPS) is 10.5. The number of nitrogen functional groups attached to an aromatic ring is 1. The lowest BCUT2D eigenvalue weighted by atomic mass is 10.3. The smallest absolute Gasteiger partial charge is 0.248 e. The molecule has 8 heteroatoms. The second-order valence-corrected chi connectivity index (χ2v) is 6.51. The Morgan fingerprint density at radius 1 is 1.04 bits per heavy atom. The molecule has 3 rings (SSSR count). The maximum Gasteiger partial charge on any atom is 0.248 e. The molecule has 0 aliphatic rings. The zero-order valence-electron chi connectivity index (χ0n) is 12.1. The summed E-state index contributed by atoms with van der Waals surface area (Å²) in [5.74, 6) is 1.23.